The van der Waals surface area contributed by atoms with Crippen LogP contribution in [0.3, 0.4) is 0 Å². The van der Waals surface area contributed by atoms with E-state index in [0.717, 1.165) is 12.1 Å². The van der Waals surface area contributed by atoms with Crippen LogP contribution in [0.25, 0.3) is 0 Å². The van der Waals surface area contributed by atoms with E-state index in [9.17, 15) is 0 Å². The van der Waals surface area contributed by atoms with Gasteiger partial charge in [-0.15, -0.1) is 10.2 Å². The summed E-state index contributed by atoms with van der Waals surface area (Å²) in [7, 11) is 0. The van der Waals surface area contributed by atoms with Crippen LogP contribution in [0.15, 0.2) is 12.3 Å². The zero-order valence-electron chi connectivity index (χ0n) is 4.70. The second-order valence-electron chi connectivity index (χ2n) is 1.47. The SMILES string of the molecule is CCc1ccnnn1. The van der Waals surface area contributed by atoms with Crippen molar-refractivity contribution in [3.05, 3.63) is 18.0 Å². The van der Waals surface area contributed by atoms with E-state index < -0.39 is 0 Å². The van der Waals surface area contributed by atoms with Crippen LogP contribution in [0.4, 0.5) is 0 Å². The van der Waals surface area contributed by atoms with E-state index in [1.807, 2.05) is 13.0 Å². The van der Waals surface area contributed by atoms with Crippen molar-refractivity contribution in [2.75, 3.05) is 0 Å². The van der Waals surface area contributed by atoms with Gasteiger partial charge in [0, 0.05) is 0 Å². The second kappa shape index (κ2) is 2.35. The molecule has 0 atom stereocenters. The van der Waals surface area contributed by atoms with Crippen molar-refractivity contribution in [1.82, 2.24) is 15.4 Å². The molecule has 0 aliphatic rings. The fourth-order valence-corrected chi connectivity index (χ4v) is 0.454. The number of aromatic nitrogens is 3. The summed E-state index contributed by atoms with van der Waals surface area (Å²) in [4.78, 5) is 0. The molecule has 0 saturated heterocycles. The topological polar surface area (TPSA) is 38.7 Å². The number of hydrogen-bond acceptors (Lipinski definition) is 3. The van der Waals surface area contributed by atoms with E-state index in [-0.39, 0.29) is 0 Å². The Balaban J connectivity index is 2.83. The Bertz CT molecular complexity index is 149. The lowest BCUT2D eigenvalue weighted by atomic mass is 10.3. The molecule has 42 valence electrons. The molecule has 0 fully saturated rings. The molecule has 0 spiro atoms. The maximum atomic E-state index is 3.74. The predicted octanol–water partition coefficient (Wildman–Crippen LogP) is 0.434. The van der Waals surface area contributed by atoms with E-state index in [2.05, 4.69) is 15.4 Å². The van der Waals surface area contributed by atoms with Gasteiger partial charge in [-0.3, -0.25) is 0 Å². The highest BCUT2D eigenvalue weighted by atomic mass is 15.3. The maximum absolute atomic E-state index is 3.74. The predicted molar refractivity (Wildman–Crippen MR) is 29.2 cm³/mol. The van der Waals surface area contributed by atoms with Crippen LogP contribution in [-0.2, 0) is 6.42 Å². The third-order valence-corrected chi connectivity index (χ3v) is 0.921. The minimum absolute atomic E-state index is 0.926. The Kier molecular flexibility index (Phi) is 1.51. The number of hydrogen-bond donors (Lipinski definition) is 0. The Morgan fingerprint density at radius 3 is 2.88 bits per heavy atom. The summed E-state index contributed by atoms with van der Waals surface area (Å²) >= 11 is 0. The Hall–Kier alpha value is -0.990. The second-order valence-corrected chi connectivity index (χ2v) is 1.47. The first-order chi connectivity index (χ1) is 3.93. The van der Waals surface area contributed by atoms with Gasteiger partial charge in [0.1, 0.15) is 0 Å². The first kappa shape index (κ1) is 5.15. The van der Waals surface area contributed by atoms with Crippen LogP contribution in [0.5, 0.6) is 0 Å². The molecule has 1 heterocycles. The van der Waals surface area contributed by atoms with E-state index in [1.54, 1.807) is 6.20 Å². The summed E-state index contributed by atoms with van der Waals surface area (Å²) < 4.78 is 0. The standard InChI is InChI=1S/C5H7N3/c1-2-5-3-4-6-8-7-5/h3-4H,2H2,1H3. The molecule has 0 unspecified atom stereocenters. The van der Waals surface area contributed by atoms with Gasteiger partial charge in [0.2, 0.25) is 0 Å². The highest BCUT2D eigenvalue weighted by molar-refractivity contribution is 4.93. The molecule has 0 aliphatic heterocycles. The van der Waals surface area contributed by atoms with Gasteiger partial charge in [-0.1, -0.05) is 6.92 Å². The molecular weight excluding hydrogens is 102 g/mol. The average molecular weight is 109 g/mol. The van der Waals surface area contributed by atoms with E-state index in [4.69, 9.17) is 0 Å². The summed E-state index contributed by atoms with van der Waals surface area (Å²) in [6.45, 7) is 2.03. The number of aryl methyl sites for hydroxylation is 1. The third-order valence-electron chi connectivity index (χ3n) is 0.921. The van der Waals surface area contributed by atoms with Gasteiger partial charge in [-0.25, -0.2) is 0 Å². The molecule has 8 heavy (non-hydrogen) atoms. The van der Waals surface area contributed by atoms with Crippen LogP contribution in [0, 0.1) is 0 Å². The Labute approximate surface area is 47.8 Å². The molecule has 0 saturated carbocycles. The number of nitrogens with zero attached hydrogens (tertiary/aromatic N) is 3. The molecule has 3 heteroatoms. The van der Waals surface area contributed by atoms with Crippen LogP contribution in [0.1, 0.15) is 12.6 Å². The van der Waals surface area contributed by atoms with Crippen LogP contribution in [-0.4, -0.2) is 15.4 Å². The van der Waals surface area contributed by atoms with Crippen molar-refractivity contribution in [3.63, 3.8) is 0 Å². The van der Waals surface area contributed by atoms with E-state index in [1.165, 1.54) is 0 Å². The summed E-state index contributed by atoms with van der Waals surface area (Å²) in [6, 6.07) is 1.85. The minimum Gasteiger partial charge on any atom is -0.139 e. The molecule has 0 aromatic carbocycles. The molecule has 0 radical (unpaired) electrons. The quantitative estimate of drug-likeness (QED) is 0.525. The van der Waals surface area contributed by atoms with Crippen LogP contribution in [0.2, 0.25) is 0 Å². The van der Waals surface area contributed by atoms with E-state index in [0.29, 0.717) is 0 Å². The minimum atomic E-state index is 0.926. The monoisotopic (exact) mass is 109 g/mol. The first-order valence-corrected chi connectivity index (χ1v) is 2.56. The lowest BCUT2D eigenvalue weighted by Crippen LogP contribution is -1.90. The fourth-order valence-electron chi connectivity index (χ4n) is 0.454. The lowest BCUT2D eigenvalue weighted by Gasteiger charge is -1.86. The number of rotatable bonds is 1. The van der Waals surface area contributed by atoms with Crippen molar-refractivity contribution >= 4 is 0 Å². The maximum Gasteiger partial charge on any atom is 0.0662 e. The highest BCUT2D eigenvalue weighted by Gasteiger charge is 1.84. The van der Waals surface area contributed by atoms with Crippen molar-refractivity contribution in [2.24, 2.45) is 0 Å². The van der Waals surface area contributed by atoms with Crippen LogP contribution < -0.4 is 0 Å². The fraction of sp³-hybridized carbons (Fsp3) is 0.400. The van der Waals surface area contributed by atoms with Gasteiger partial charge >= 0.3 is 0 Å². The molecule has 3 nitrogen and oxygen atoms in total. The zero-order chi connectivity index (χ0) is 5.82. The zero-order valence-corrected chi connectivity index (χ0v) is 4.70. The third kappa shape index (κ3) is 0.992. The summed E-state index contributed by atoms with van der Waals surface area (Å²) in [6.07, 6.45) is 2.57. The van der Waals surface area contributed by atoms with Crippen molar-refractivity contribution in [3.8, 4) is 0 Å². The van der Waals surface area contributed by atoms with Crippen molar-refractivity contribution in [1.29, 1.82) is 0 Å². The Morgan fingerprint density at radius 1 is 1.62 bits per heavy atom. The molecule has 0 bridgehead atoms. The van der Waals surface area contributed by atoms with Crippen LogP contribution >= 0.6 is 0 Å². The van der Waals surface area contributed by atoms with Gasteiger partial charge in [-0.05, 0) is 17.7 Å². The molecule has 0 amide bonds. The molecule has 1 rings (SSSR count). The molecular formula is C5H7N3. The van der Waals surface area contributed by atoms with Crippen molar-refractivity contribution in [2.45, 2.75) is 13.3 Å². The van der Waals surface area contributed by atoms with Gasteiger partial charge < -0.3 is 0 Å². The highest BCUT2D eigenvalue weighted by Crippen LogP contribution is 1.86. The largest absolute Gasteiger partial charge is 0.139 e. The lowest BCUT2D eigenvalue weighted by molar-refractivity contribution is 0.813. The van der Waals surface area contributed by atoms with Gasteiger partial charge in [0.25, 0.3) is 0 Å². The summed E-state index contributed by atoms with van der Waals surface area (Å²) in [5.74, 6) is 0. The molecule has 0 N–H and O–H groups in total. The van der Waals surface area contributed by atoms with E-state index >= 15 is 0 Å². The van der Waals surface area contributed by atoms with Gasteiger partial charge in [0.15, 0.2) is 0 Å². The summed E-state index contributed by atoms with van der Waals surface area (Å²) in [5, 5.41) is 10.7. The first-order valence-electron chi connectivity index (χ1n) is 2.56. The Morgan fingerprint density at radius 2 is 2.50 bits per heavy atom. The van der Waals surface area contributed by atoms with Gasteiger partial charge in [-0.2, -0.15) is 0 Å². The molecule has 0 aliphatic carbocycles. The smallest absolute Gasteiger partial charge is 0.0662 e. The normalized spacial score (nSPS) is 9.12. The summed E-state index contributed by atoms with van der Waals surface area (Å²) in [5.41, 5.74) is 0.986. The average Bonchev–Trinajstić information content (AvgIpc) is 1.90. The molecule has 1 aromatic rings. The molecule has 1 aromatic heterocycles. The van der Waals surface area contributed by atoms with Crippen molar-refractivity contribution < 1.29 is 0 Å². The van der Waals surface area contributed by atoms with Gasteiger partial charge in [0.05, 0.1) is 11.9 Å².